The predicted molar refractivity (Wildman–Crippen MR) is 122 cm³/mol. The van der Waals surface area contributed by atoms with Crippen LogP contribution in [0.2, 0.25) is 0 Å². The lowest BCUT2D eigenvalue weighted by Crippen LogP contribution is -2.51. The summed E-state index contributed by atoms with van der Waals surface area (Å²) in [5, 5.41) is 4.68. The Morgan fingerprint density at radius 3 is 2.27 bits per heavy atom. The van der Waals surface area contributed by atoms with E-state index >= 15 is 0 Å². The second-order valence-electron chi connectivity index (χ2n) is 9.06. The van der Waals surface area contributed by atoms with Gasteiger partial charge in [0.05, 0.1) is 18.0 Å². The van der Waals surface area contributed by atoms with Gasteiger partial charge in [-0.2, -0.15) is 5.10 Å². The highest BCUT2D eigenvalue weighted by Gasteiger charge is 2.28. The van der Waals surface area contributed by atoms with Crippen LogP contribution in [-0.2, 0) is 10.2 Å². The number of ether oxygens (including phenoxy) is 1. The van der Waals surface area contributed by atoms with Crippen LogP contribution in [0.4, 0.5) is 9.18 Å². The Bertz CT molecular complexity index is 1180. The number of rotatable bonds is 3. The number of amides is 2. The minimum atomic E-state index is -0.364. The van der Waals surface area contributed by atoms with Gasteiger partial charge in [0.25, 0.3) is 5.91 Å². The summed E-state index contributed by atoms with van der Waals surface area (Å²) in [5.74, 6) is -0.534. The maximum atomic E-state index is 13.6. The predicted octanol–water partition coefficient (Wildman–Crippen LogP) is 3.75. The Morgan fingerprint density at radius 1 is 1.03 bits per heavy atom. The van der Waals surface area contributed by atoms with Gasteiger partial charge in [-0.1, -0.05) is 20.8 Å². The van der Waals surface area contributed by atoms with Crippen molar-refractivity contribution in [1.29, 1.82) is 0 Å². The molecule has 0 unspecified atom stereocenters. The van der Waals surface area contributed by atoms with Gasteiger partial charge in [0, 0.05) is 43.2 Å². The topological polar surface area (TPSA) is 80.0 Å². The van der Waals surface area contributed by atoms with Crippen LogP contribution in [0.15, 0.2) is 36.4 Å². The third kappa shape index (κ3) is 4.67. The van der Waals surface area contributed by atoms with Gasteiger partial charge in [-0.3, -0.25) is 4.79 Å². The fourth-order valence-corrected chi connectivity index (χ4v) is 3.73. The molecule has 0 spiro atoms. The molecular formula is C24H28FN5O3. The Hall–Kier alpha value is -3.49. The molecule has 2 aromatic heterocycles. The number of carbonyl (C=O) groups is 2. The van der Waals surface area contributed by atoms with Crippen molar-refractivity contribution < 1.29 is 18.7 Å². The van der Waals surface area contributed by atoms with E-state index in [0.29, 0.717) is 55.4 Å². The number of fused-ring (bicyclic) bond motifs is 1. The van der Waals surface area contributed by atoms with Crippen molar-refractivity contribution in [3.8, 4) is 11.3 Å². The van der Waals surface area contributed by atoms with E-state index in [4.69, 9.17) is 9.72 Å². The molecule has 2 amide bonds. The molecule has 0 radical (unpaired) electrons. The van der Waals surface area contributed by atoms with Crippen molar-refractivity contribution in [2.24, 2.45) is 0 Å². The molecule has 0 atom stereocenters. The molecule has 3 heterocycles. The normalized spacial score (nSPS) is 14.6. The average Bonchev–Trinajstić information content (AvgIpc) is 3.24. The summed E-state index contributed by atoms with van der Waals surface area (Å²) >= 11 is 0. The van der Waals surface area contributed by atoms with Crippen molar-refractivity contribution in [3.63, 3.8) is 0 Å². The smallest absolute Gasteiger partial charge is 0.409 e. The highest BCUT2D eigenvalue weighted by atomic mass is 19.1. The Morgan fingerprint density at radius 2 is 1.67 bits per heavy atom. The minimum Gasteiger partial charge on any atom is -0.450 e. The first-order valence-corrected chi connectivity index (χ1v) is 11.1. The van der Waals surface area contributed by atoms with Crippen LogP contribution in [0, 0.1) is 5.82 Å². The molecule has 3 aromatic rings. The van der Waals surface area contributed by atoms with Gasteiger partial charge < -0.3 is 14.5 Å². The molecule has 1 fully saturated rings. The number of nitrogens with zero attached hydrogens (tertiary/aromatic N) is 5. The maximum absolute atomic E-state index is 13.6. The molecule has 0 N–H and O–H groups in total. The monoisotopic (exact) mass is 453 g/mol. The minimum absolute atomic E-state index is 0.196. The lowest BCUT2D eigenvalue weighted by atomic mass is 9.93. The van der Waals surface area contributed by atoms with Gasteiger partial charge in [0.1, 0.15) is 11.5 Å². The van der Waals surface area contributed by atoms with Crippen LogP contribution < -0.4 is 0 Å². The molecule has 0 aliphatic carbocycles. The number of hydrogen-bond donors (Lipinski definition) is 0. The fourth-order valence-electron chi connectivity index (χ4n) is 3.73. The molecule has 1 aliphatic heterocycles. The van der Waals surface area contributed by atoms with E-state index in [1.54, 1.807) is 39.4 Å². The summed E-state index contributed by atoms with van der Waals surface area (Å²) < 4.78 is 20.1. The van der Waals surface area contributed by atoms with E-state index < -0.39 is 0 Å². The first kappa shape index (κ1) is 22.7. The Balaban J connectivity index is 1.70. The van der Waals surface area contributed by atoms with E-state index in [9.17, 15) is 14.0 Å². The molecular weight excluding hydrogens is 425 g/mol. The van der Waals surface area contributed by atoms with E-state index in [1.807, 2.05) is 26.8 Å². The molecule has 1 aliphatic rings. The highest BCUT2D eigenvalue weighted by molar-refractivity contribution is 5.94. The molecule has 4 rings (SSSR count). The summed E-state index contributed by atoms with van der Waals surface area (Å²) in [6.07, 6.45) is -0.364. The molecule has 8 nitrogen and oxygen atoms in total. The molecule has 1 saturated heterocycles. The number of benzene rings is 1. The molecule has 0 bridgehead atoms. The van der Waals surface area contributed by atoms with Crippen LogP contribution >= 0.6 is 0 Å². The van der Waals surface area contributed by atoms with Crippen molar-refractivity contribution in [3.05, 3.63) is 53.6 Å². The number of piperazine rings is 1. The lowest BCUT2D eigenvalue weighted by Gasteiger charge is -2.34. The second kappa shape index (κ2) is 8.80. The molecule has 0 saturated carbocycles. The molecule has 174 valence electrons. The number of hydrogen-bond acceptors (Lipinski definition) is 5. The van der Waals surface area contributed by atoms with Crippen LogP contribution in [0.25, 0.3) is 16.9 Å². The Labute approximate surface area is 192 Å². The molecule has 33 heavy (non-hydrogen) atoms. The fraction of sp³-hybridized carbons (Fsp3) is 0.417. The van der Waals surface area contributed by atoms with Gasteiger partial charge in [-0.05, 0) is 37.3 Å². The van der Waals surface area contributed by atoms with Gasteiger partial charge in [0.2, 0.25) is 0 Å². The van der Waals surface area contributed by atoms with Crippen molar-refractivity contribution in [1.82, 2.24) is 24.4 Å². The zero-order valence-electron chi connectivity index (χ0n) is 19.3. The van der Waals surface area contributed by atoms with Crippen molar-refractivity contribution in [2.45, 2.75) is 33.1 Å². The third-order valence-corrected chi connectivity index (χ3v) is 5.65. The quantitative estimate of drug-likeness (QED) is 0.604. The molecule has 9 heteroatoms. The summed E-state index contributed by atoms with van der Waals surface area (Å²) in [6.45, 7) is 9.80. The van der Waals surface area contributed by atoms with E-state index in [1.165, 1.54) is 12.1 Å². The zero-order valence-corrected chi connectivity index (χ0v) is 19.3. The van der Waals surface area contributed by atoms with Gasteiger partial charge in [-0.25, -0.2) is 18.7 Å². The average molecular weight is 454 g/mol. The Kier molecular flexibility index (Phi) is 6.05. The first-order valence-electron chi connectivity index (χ1n) is 11.1. The van der Waals surface area contributed by atoms with Gasteiger partial charge in [-0.15, -0.1) is 0 Å². The van der Waals surface area contributed by atoms with Gasteiger partial charge >= 0.3 is 6.09 Å². The highest BCUT2D eigenvalue weighted by Crippen LogP contribution is 2.26. The largest absolute Gasteiger partial charge is 0.450 e. The number of carbonyl (C=O) groups excluding carboxylic acids is 2. The summed E-state index contributed by atoms with van der Waals surface area (Å²) in [4.78, 5) is 33.5. The number of halogens is 1. The van der Waals surface area contributed by atoms with Crippen molar-refractivity contribution >= 4 is 17.6 Å². The molecule has 1 aromatic carbocycles. The van der Waals surface area contributed by atoms with E-state index in [0.717, 1.165) is 5.69 Å². The second-order valence-corrected chi connectivity index (χ2v) is 9.06. The summed E-state index contributed by atoms with van der Waals surface area (Å²) in [5.41, 5.74) is 2.78. The summed E-state index contributed by atoms with van der Waals surface area (Å²) in [6, 6.07) is 9.59. The first-order chi connectivity index (χ1) is 15.7. The van der Waals surface area contributed by atoms with Crippen LogP contribution in [-0.4, -0.2) is 69.2 Å². The zero-order chi connectivity index (χ0) is 23.8. The van der Waals surface area contributed by atoms with Crippen LogP contribution in [0.1, 0.15) is 43.9 Å². The van der Waals surface area contributed by atoms with E-state index in [-0.39, 0.29) is 23.2 Å². The van der Waals surface area contributed by atoms with Gasteiger partial charge in [0.15, 0.2) is 5.65 Å². The SMILES string of the molecule is CCOC(=O)N1CCN(C(=O)c2cc(-c3ccc(F)cc3)nc3cc(C(C)(C)C)nn23)CC1. The third-order valence-electron chi connectivity index (χ3n) is 5.65. The maximum Gasteiger partial charge on any atom is 0.409 e. The number of aromatic nitrogens is 3. The summed E-state index contributed by atoms with van der Waals surface area (Å²) in [7, 11) is 0. The van der Waals surface area contributed by atoms with E-state index in [2.05, 4.69) is 5.10 Å². The standard InChI is InChI=1S/C24H28FN5O3/c1-5-33-23(32)29-12-10-28(11-13-29)22(31)19-14-18(16-6-8-17(25)9-7-16)26-21-15-20(24(2,3)4)27-30(19)21/h6-9,14-15H,5,10-13H2,1-4H3. The van der Waals surface area contributed by atoms with Crippen molar-refractivity contribution in [2.75, 3.05) is 32.8 Å². The lowest BCUT2D eigenvalue weighted by molar-refractivity contribution is 0.0563. The van der Waals surface area contributed by atoms with Crippen LogP contribution in [0.3, 0.4) is 0 Å². The van der Waals surface area contributed by atoms with Crippen LogP contribution in [0.5, 0.6) is 0 Å².